The van der Waals surface area contributed by atoms with Gasteiger partial charge in [0.1, 0.15) is 5.75 Å². The minimum atomic E-state index is -0.832. The zero-order valence-corrected chi connectivity index (χ0v) is 8.90. The van der Waals surface area contributed by atoms with Gasteiger partial charge in [0.25, 0.3) is 0 Å². The molecule has 0 radical (unpaired) electrons. The average molecular weight is 208 g/mol. The first-order valence-electron chi connectivity index (χ1n) is 5.16. The molecule has 0 spiro atoms. The number of unbranched alkanes of at least 4 members (excludes halogenated alkanes) is 1. The van der Waals surface area contributed by atoms with E-state index >= 15 is 0 Å². The first-order chi connectivity index (χ1) is 7.24. The van der Waals surface area contributed by atoms with E-state index in [0.717, 1.165) is 18.4 Å². The van der Waals surface area contributed by atoms with Gasteiger partial charge in [-0.05, 0) is 12.5 Å². The Morgan fingerprint density at radius 1 is 1.40 bits per heavy atom. The molecule has 82 valence electrons. The van der Waals surface area contributed by atoms with Crippen molar-refractivity contribution in [3.63, 3.8) is 0 Å². The van der Waals surface area contributed by atoms with Gasteiger partial charge in [-0.3, -0.25) is 4.79 Å². The third-order valence-electron chi connectivity index (χ3n) is 2.07. The van der Waals surface area contributed by atoms with Crippen LogP contribution in [-0.4, -0.2) is 17.7 Å². The molecule has 1 aromatic carbocycles. The van der Waals surface area contributed by atoms with E-state index in [2.05, 4.69) is 6.92 Å². The van der Waals surface area contributed by atoms with E-state index in [-0.39, 0.29) is 6.42 Å². The lowest BCUT2D eigenvalue weighted by Gasteiger charge is -2.09. The second-order valence-electron chi connectivity index (χ2n) is 3.38. The molecular weight excluding hydrogens is 192 g/mol. The van der Waals surface area contributed by atoms with Gasteiger partial charge in [-0.15, -0.1) is 0 Å². The zero-order valence-electron chi connectivity index (χ0n) is 8.90. The smallest absolute Gasteiger partial charge is 0.307 e. The van der Waals surface area contributed by atoms with Crippen LogP contribution in [0.2, 0.25) is 0 Å². The summed E-state index contributed by atoms with van der Waals surface area (Å²) in [7, 11) is 0. The average Bonchev–Trinajstić information content (AvgIpc) is 2.20. The lowest BCUT2D eigenvalue weighted by Crippen LogP contribution is -2.04. The maximum Gasteiger partial charge on any atom is 0.307 e. The number of ether oxygens (including phenoxy) is 1. The van der Waals surface area contributed by atoms with Crippen LogP contribution < -0.4 is 4.74 Å². The molecule has 0 fully saturated rings. The summed E-state index contributed by atoms with van der Waals surface area (Å²) in [5.74, 6) is -0.144. The molecule has 0 saturated heterocycles. The van der Waals surface area contributed by atoms with Crippen LogP contribution in [0.5, 0.6) is 5.75 Å². The fourth-order valence-electron chi connectivity index (χ4n) is 1.28. The Labute approximate surface area is 89.7 Å². The molecule has 0 atom stereocenters. The molecule has 3 heteroatoms. The largest absolute Gasteiger partial charge is 0.493 e. The maximum absolute atomic E-state index is 10.6. The van der Waals surface area contributed by atoms with Crippen molar-refractivity contribution < 1.29 is 14.6 Å². The number of rotatable bonds is 6. The predicted molar refractivity (Wildman–Crippen MR) is 58.2 cm³/mol. The van der Waals surface area contributed by atoms with Crippen LogP contribution in [0.1, 0.15) is 25.3 Å². The van der Waals surface area contributed by atoms with Crippen molar-refractivity contribution in [1.82, 2.24) is 0 Å². The van der Waals surface area contributed by atoms with Crippen molar-refractivity contribution in [2.45, 2.75) is 26.2 Å². The highest BCUT2D eigenvalue weighted by molar-refractivity contribution is 5.71. The van der Waals surface area contributed by atoms with Crippen molar-refractivity contribution in [3.05, 3.63) is 29.8 Å². The van der Waals surface area contributed by atoms with Gasteiger partial charge < -0.3 is 9.84 Å². The lowest BCUT2D eigenvalue weighted by molar-refractivity contribution is -0.136. The third-order valence-corrected chi connectivity index (χ3v) is 2.07. The lowest BCUT2D eigenvalue weighted by atomic mass is 10.1. The predicted octanol–water partition coefficient (Wildman–Crippen LogP) is 2.49. The van der Waals surface area contributed by atoms with E-state index in [9.17, 15) is 4.79 Å². The molecule has 0 aromatic heterocycles. The van der Waals surface area contributed by atoms with E-state index in [1.165, 1.54) is 0 Å². The van der Waals surface area contributed by atoms with Gasteiger partial charge in [0.15, 0.2) is 0 Å². The minimum absolute atomic E-state index is 0.0162. The van der Waals surface area contributed by atoms with Gasteiger partial charge in [-0.2, -0.15) is 0 Å². The Hall–Kier alpha value is -1.51. The Bertz CT molecular complexity index is 320. The van der Waals surface area contributed by atoms with Gasteiger partial charge in [-0.25, -0.2) is 0 Å². The van der Waals surface area contributed by atoms with Gasteiger partial charge in [0.2, 0.25) is 0 Å². The van der Waals surface area contributed by atoms with E-state index in [1.807, 2.05) is 18.2 Å². The summed E-state index contributed by atoms with van der Waals surface area (Å²) in [5.41, 5.74) is 0.737. The molecule has 3 nitrogen and oxygen atoms in total. The van der Waals surface area contributed by atoms with Crippen LogP contribution in [0.4, 0.5) is 0 Å². The minimum Gasteiger partial charge on any atom is -0.493 e. The van der Waals surface area contributed by atoms with Crippen molar-refractivity contribution >= 4 is 5.97 Å². The molecule has 0 bridgehead atoms. The summed E-state index contributed by atoms with van der Waals surface area (Å²) < 4.78 is 5.52. The maximum atomic E-state index is 10.6. The first kappa shape index (κ1) is 11.6. The molecule has 1 rings (SSSR count). The first-order valence-corrected chi connectivity index (χ1v) is 5.16. The summed E-state index contributed by atoms with van der Waals surface area (Å²) in [4.78, 5) is 10.6. The Kier molecular flexibility index (Phi) is 4.68. The normalized spacial score (nSPS) is 9.93. The highest BCUT2D eigenvalue weighted by atomic mass is 16.5. The Morgan fingerprint density at radius 3 is 2.80 bits per heavy atom. The van der Waals surface area contributed by atoms with E-state index in [1.54, 1.807) is 6.07 Å². The van der Waals surface area contributed by atoms with Crippen LogP contribution in [-0.2, 0) is 11.2 Å². The summed E-state index contributed by atoms with van der Waals surface area (Å²) >= 11 is 0. The zero-order chi connectivity index (χ0) is 11.1. The Balaban J connectivity index is 2.64. The molecule has 0 heterocycles. The van der Waals surface area contributed by atoms with Gasteiger partial charge in [-0.1, -0.05) is 31.5 Å². The number of para-hydroxylation sites is 1. The highest BCUT2D eigenvalue weighted by Crippen LogP contribution is 2.18. The fraction of sp³-hybridized carbons (Fsp3) is 0.417. The van der Waals surface area contributed by atoms with Crippen molar-refractivity contribution in [2.75, 3.05) is 6.61 Å². The third kappa shape index (κ3) is 4.02. The molecule has 0 unspecified atom stereocenters. The topological polar surface area (TPSA) is 46.5 Å². The second-order valence-corrected chi connectivity index (χ2v) is 3.38. The quantitative estimate of drug-likeness (QED) is 0.730. The summed E-state index contributed by atoms with van der Waals surface area (Å²) in [6.45, 7) is 2.74. The fourth-order valence-corrected chi connectivity index (χ4v) is 1.28. The summed E-state index contributed by atoms with van der Waals surface area (Å²) in [6, 6.07) is 7.28. The molecular formula is C12H16O3. The molecule has 0 aliphatic heterocycles. The second kappa shape index (κ2) is 6.06. The molecule has 1 aromatic rings. The number of carboxylic acids is 1. The summed E-state index contributed by atoms with van der Waals surface area (Å²) in [6.07, 6.45) is 2.07. The van der Waals surface area contributed by atoms with Crippen molar-refractivity contribution in [1.29, 1.82) is 0 Å². The molecule has 1 N–H and O–H groups in total. The molecule has 15 heavy (non-hydrogen) atoms. The number of carboxylic acid groups (broad SMARTS) is 1. The molecule has 0 amide bonds. The van der Waals surface area contributed by atoms with Gasteiger partial charge >= 0.3 is 5.97 Å². The van der Waals surface area contributed by atoms with Gasteiger partial charge in [0, 0.05) is 5.56 Å². The SMILES string of the molecule is CCCCOc1ccccc1CC(=O)O. The standard InChI is InChI=1S/C12H16O3/c1-2-3-8-15-11-7-5-4-6-10(11)9-12(13)14/h4-7H,2-3,8-9H2,1H3,(H,13,14). The van der Waals surface area contributed by atoms with E-state index in [4.69, 9.17) is 9.84 Å². The van der Waals surface area contributed by atoms with Crippen LogP contribution in [0.3, 0.4) is 0 Å². The van der Waals surface area contributed by atoms with Crippen LogP contribution >= 0.6 is 0 Å². The number of carbonyl (C=O) groups is 1. The number of benzene rings is 1. The monoisotopic (exact) mass is 208 g/mol. The van der Waals surface area contributed by atoms with Crippen molar-refractivity contribution in [3.8, 4) is 5.75 Å². The molecule has 0 aliphatic rings. The van der Waals surface area contributed by atoms with E-state index < -0.39 is 5.97 Å². The van der Waals surface area contributed by atoms with Crippen LogP contribution in [0, 0.1) is 0 Å². The number of hydrogen-bond acceptors (Lipinski definition) is 2. The number of hydrogen-bond donors (Lipinski definition) is 1. The van der Waals surface area contributed by atoms with Crippen molar-refractivity contribution in [2.24, 2.45) is 0 Å². The summed E-state index contributed by atoms with van der Waals surface area (Å²) in [5, 5.41) is 8.71. The molecule has 0 saturated carbocycles. The van der Waals surface area contributed by atoms with Crippen LogP contribution in [0.25, 0.3) is 0 Å². The Morgan fingerprint density at radius 2 is 2.13 bits per heavy atom. The molecule has 0 aliphatic carbocycles. The number of aliphatic carboxylic acids is 1. The van der Waals surface area contributed by atoms with Crippen LogP contribution in [0.15, 0.2) is 24.3 Å². The van der Waals surface area contributed by atoms with Gasteiger partial charge in [0.05, 0.1) is 13.0 Å². The van der Waals surface area contributed by atoms with E-state index in [0.29, 0.717) is 12.4 Å². The highest BCUT2D eigenvalue weighted by Gasteiger charge is 2.06.